The van der Waals surface area contributed by atoms with E-state index in [1.165, 1.54) is 65.7 Å². The molecule has 1 aliphatic rings. The predicted molar refractivity (Wildman–Crippen MR) is 152 cm³/mol. The Morgan fingerprint density at radius 3 is 0.941 bits per heavy atom. The highest BCUT2D eigenvalue weighted by Crippen LogP contribution is 2.33. The molecule has 5 aromatic rings. The van der Waals surface area contributed by atoms with Gasteiger partial charge in [-0.15, -0.1) is 0 Å². The molecule has 0 N–H and O–H groups in total. The molecule has 0 saturated heterocycles. The molecule has 0 fully saturated rings. The van der Waals surface area contributed by atoms with Crippen molar-refractivity contribution < 1.29 is 0 Å². The van der Waals surface area contributed by atoms with Crippen LogP contribution in [0, 0.1) is 27.7 Å². The molecule has 0 saturated carbocycles. The summed E-state index contributed by atoms with van der Waals surface area (Å²) in [5, 5.41) is 8.26. The average molecular weight is 441 g/mol. The average Bonchev–Trinajstić information content (AvgIpc) is 2.86. The van der Waals surface area contributed by atoms with E-state index in [9.17, 15) is 0 Å². The van der Waals surface area contributed by atoms with Gasteiger partial charge in [-0.05, 0) is 106 Å². The van der Waals surface area contributed by atoms with Gasteiger partial charge in [-0.25, -0.2) is 0 Å². The van der Waals surface area contributed by atoms with Crippen LogP contribution in [0.2, 0.25) is 0 Å². The molecule has 0 unspecified atom stereocenters. The first-order valence-electron chi connectivity index (χ1n) is 12.3. The minimum Gasteiger partial charge on any atom is -0.0836 e. The Kier molecular flexibility index (Phi) is 6.07. The van der Waals surface area contributed by atoms with E-state index >= 15 is 0 Å². The van der Waals surface area contributed by atoms with Gasteiger partial charge in [0.1, 0.15) is 0 Å². The van der Waals surface area contributed by atoms with E-state index in [-0.39, 0.29) is 0 Å². The highest BCUT2D eigenvalue weighted by molar-refractivity contribution is 6.05. The fraction of sp³-hybridized carbons (Fsp3) is 0.176. The minimum absolute atomic E-state index is 1.14. The summed E-state index contributed by atoms with van der Waals surface area (Å²) in [6, 6.07) is 26.0. The summed E-state index contributed by atoms with van der Waals surface area (Å²) in [5.41, 5.74) is 8.35. The second-order valence-electron chi connectivity index (χ2n) is 9.35. The summed E-state index contributed by atoms with van der Waals surface area (Å²) < 4.78 is 0. The highest BCUT2D eigenvalue weighted by atomic mass is 14.2. The first-order chi connectivity index (χ1) is 16.6. The van der Waals surface area contributed by atoms with Crippen LogP contribution in [-0.2, 0) is 0 Å². The number of benzene rings is 5. The van der Waals surface area contributed by atoms with Crippen molar-refractivity contribution in [2.24, 2.45) is 0 Å². The Morgan fingerprint density at radius 2 is 0.647 bits per heavy atom. The van der Waals surface area contributed by atoms with E-state index < -0.39 is 0 Å². The van der Waals surface area contributed by atoms with Crippen LogP contribution < -0.4 is 0 Å². The fourth-order valence-electron chi connectivity index (χ4n) is 5.42. The monoisotopic (exact) mass is 440 g/mol. The third kappa shape index (κ3) is 3.84. The standard InChI is InChI=1S/C18H18.C16H14/c1-13-15-9-5-3-4-6-10-16(15)14(2)18-12-8-7-11-17(13)18;1-11-13-7-3-5-9-15(13)12(2)16-10-6-4-8-14(11)16/h5-12H,3-4H2,1-2H3;3-10H,1-2H3/b9-5-,10-6-;. The largest absolute Gasteiger partial charge is 0.0836 e. The number of allylic oxidation sites excluding steroid dienone is 2. The summed E-state index contributed by atoms with van der Waals surface area (Å²) in [6.45, 7) is 8.90. The summed E-state index contributed by atoms with van der Waals surface area (Å²) in [7, 11) is 0. The molecule has 0 atom stereocenters. The molecule has 0 bridgehead atoms. The second-order valence-corrected chi connectivity index (χ2v) is 9.35. The van der Waals surface area contributed by atoms with Gasteiger partial charge in [0.2, 0.25) is 0 Å². The predicted octanol–water partition coefficient (Wildman–Crippen LogP) is 9.89. The molecule has 5 aromatic carbocycles. The van der Waals surface area contributed by atoms with Gasteiger partial charge in [0.05, 0.1) is 0 Å². The van der Waals surface area contributed by atoms with Gasteiger partial charge in [0, 0.05) is 0 Å². The van der Waals surface area contributed by atoms with Crippen molar-refractivity contribution in [1.29, 1.82) is 0 Å². The van der Waals surface area contributed by atoms with Crippen LogP contribution in [0.25, 0.3) is 44.5 Å². The van der Waals surface area contributed by atoms with Gasteiger partial charge < -0.3 is 0 Å². The molecule has 34 heavy (non-hydrogen) atoms. The smallest absolute Gasteiger partial charge is 0.0146 e. The van der Waals surface area contributed by atoms with Crippen molar-refractivity contribution in [2.45, 2.75) is 40.5 Å². The van der Waals surface area contributed by atoms with E-state index in [4.69, 9.17) is 0 Å². The second kappa shape index (κ2) is 9.31. The molecule has 0 heterocycles. The lowest BCUT2D eigenvalue weighted by molar-refractivity contribution is 1.06. The Morgan fingerprint density at radius 1 is 0.382 bits per heavy atom. The SMILES string of the molecule is Cc1c2c(c(C)c3ccccc13)/C=C\CC/C=C\2.Cc1c2ccccc2c(C)c2ccccc12. The number of fused-ring (bicyclic) bond motifs is 4. The molecular formula is C34H32. The minimum atomic E-state index is 1.14. The fourth-order valence-corrected chi connectivity index (χ4v) is 5.42. The molecule has 6 rings (SSSR count). The Labute approximate surface area is 203 Å². The van der Waals surface area contributed by atoms with E-state index in [0.29, 0.717) is 0 Å². The Balaban J connectivity index is 0.000000142. The molecular weight excluding hydrogens is 408 g/mol. The van der Waals surface area contributed by atoms with Crippen LogP contribution in [0.4, 0.5) is 0 Å². The zero-order valence-electron chi connectivity index (χ0n) is 20.7. The summed E-state index contributed by atoms with van der Waals surface area (Å²) in [4.78, 5) is 0. The molecule has 0 spiro atoms. The molecule has 0 nitrogen and oxygen atoms in total. The molecule has 0 radical (unpaired) electrons. The lowest BCUT2D eigenvalue weighted by Gasteiger charge is -2.16. The normalized spacial score (nSPS) is 14.7. The van der Waals surface area contributed by atoms with Crippen molar-refractivity contribution in [3.8, 4) is 0 Å². The van der Waals surface area contributed by atoms with Crippen molar-refractivity contribution in [3.05, 3.63) is 118 Å². The summed E-state index contributed by atoms with van der Waals surface area (Å²) in [6.07, 6.45) is 11.5. The maximum absolute atomic E-state index is 2.30. The quantitative estimate of drug-likeness (QED) is 0.210. The number of hydrogen-bond donors (Lipinski definition) is 0. The van der Waals surface area contributed by atoms with Gasteiger partial charge in [0.15, 0.2) is 0 Å². The van der Waals surface area contributed by atoms with Gasteiger partial charge in [0.25, 0.3) is 0 Å². The first-order valence-corrected chi connectivity index (χ1v) is 12.3. The van der Waals surface area contributed by atoms with Gasteiger partial charge in [-0.2, -0.15) is 0 Å². The molecule has 0 aromatic heterocycles. The number of rotatable bonds is 0. The van der Waals surface area contributed by atoms with Crippen LogP contribution >= 0.6 is 0 Å². The van der Waals surface area contributed by atoms with Crippen LogP contribution in [0.1, 0.15) is 46.2 Å². The number of aryl methyl sites for hydroxylation is 4. The van der Waals surface area contributed by atoms with E-state index in [2.05, 4.69) is 125 Å². The zero-order valence-corrected chi connectivity index (χ0v) is 20.7. The molecule has 168 valence electrons. The lowest BCUT2D eigenvalue weighted by atomic mass is 9.89. The summed E-state index contributed by atoms with van der Waals surface area (Å²) >= 11 is 0. The maximum atomic E-state index is 2.30. The van der Waals surface area contributed by atoms with Crippen molar-refractivity contribution >= 4 is 44.5 Å². The maximum Gasteiger partial charge on any atom is -0.0146 e. The topological polar surface area (TPSA) is 0 Å². The molecule has 0 aliphatic heterocycles. The van der Waals surface area contributed by atoms with E-state index in [1.54, 1.807) is 0 Å². The van der Waals surface area contributed by atoms with E-state index in [0.717, 1.165) is 12.8 Å². The number of hydrogen-bond acceptors (Lipinski definition) is 0. The van der Waals surface area contributed by atoms with Gasteiger partial charge >= 0.3 is 0 Å². The van der Waals surface area contributed by atoms with Crippen molar-refractivity contribution in [2.75, 3.05) is 0 Å². The molecule has 0 amide bonds. The third-order valence-corrected chi connectivity index (χ3v) is 7.37. The van der Waals surface area contributed by atoms with Crippen molar-refractivity contribution in [3.63, 3.8) is 0 Å². The van der Waals surface area contributed by atoms with Gasteiger partial charge in [-0.3, -0.25) is 0 Å². The van der Waals surface area contributed by atoms with Crippen LogP contribution in [0.5, 0.6) is 0 Å². The van der Waals surface area contributed by atoms with Crippen LogP contribution in [-0.4, -0.2) is 0 Å². The first kappa shape index (κ1) is 22.2. The molecule has 1 aliphatic carbocycles. The highest BCUT2D eigenvalue weighted by Gasteiger charge is 2.11. The zero-order chi connectivity index (χ0) is 23.7. The van der Waals surface area contributed by atoms with Crippen LogP contribution in [0.15, 0.2) is 84.9 Å². The lowest BCUT2D eigenvalue weighted by Crippen LogP contribution is -1.95. The van der Waals surface area contributed by atoms with Crippen molar-refractivity contribution in [1.82, 2.24) is 0 Å². The Hall–Kier alpha value is -3.64. The van der Waals surface area contributed by atoms with E-state index in [1.807, 2.05) is 0 Å². The van der Waals surface area contributed by atoms with Gasteiger partial charge in [-0.1, -0.05) is 97.1 Å². The molecule has 0 heteroatoms. The Bertz CT molecular complexity index is 1400. The summed E-state index contributed by atoms with van der Waals surface area (Å²) in [5.74, 6) is 0. The van der Waals surface area contributed by atoms with Crippen LogP contribution in [0.3, 0.4) is 0 Å². The third-order valence-electron chi connectivity index (χ3n) is 7.37.